The van der Waals surface area contributed by atoms with Crippen molar-refractivity contribution in [2.75, 3.05) is 6.54 Å². The summed E-state index contributed by atoms with van der Waals surface area (Å²) in [6.07, 6.45) is 0.115. The fraction of sp³-hybridized carbons (Fsp3) is 0.889. The minimum absolute atomic E-state index is 0.113. The number of aliphatic hydroxyl groups is 1. The maximum Gasteiger partial charge on any atom is 0.240 e. The average molecular weight is 186 g/mol. The second kappa shape index (κ2) is 3.64. The van der Waals surface area contributed by atoms with Crippen molar-refractivity contribution in [2.24, 2.45) is 0 Å². The van der Waals surface area contributed by atoms with Crippen LogP contribution < -0.4 is 10.6 Å². The molecule has 13 heavy (non-hydrogen) atoms. The van der Waals surface area contributed by atoms with Gasteiger partial charge >= 0.3 is 0 Å². The maximum absolute atomic E-state index is 11.5. The van der Waals surface area contributed by atoms with Crippen LogP contribution in [-0.2, 0) is 4.79 Å². The van der Waals surface area contributed by atoms with Gasteiger partial charge in [-0.3, -0.25) is 4.79 Å². The smallest absolute Gasteiger partial charge is 0.240 e. The molecule has 1 saturated heterocycles. The van der Waals surface area contributed by atoms with Gasteiger partial charge in [0, 0.05) is 5.54 Å². The molecule has 0 bridgehead atoms. The lowest BCUT2D eigenvalue weighted by atomic mass is 10.1. The SMILES string of the molecule is CC(C)(C)NC(=O)[C@H]1NCCC1O. The van der Waals surface area contributed by atoms with Crippen LogP contribution in [0.3, 0.4) is 0 Å². The van der Waals surface area contributed by atoms with Gasteiger partial charge in [0.25, 0.3) is 0 Å². The Hall–Kier alpha value is -0.610. The number of rotatable bonds is 1. The molecule has 2 atom stereocenters. The number of amides is 1. The molecule has 1 aliphatic rings. The number of carbonyl (C=O) groups excluding carboxylic acids is 1. The van der Waals surface area contributed by atoms with Gasteiger partial charge in [-0.05, 0) is 33.7 Å². The van der Waals surface area contributed by atoms with Crippen LogP contribution in [0.5, 0.6) is 0 Å². The molecule has 76 valence electrons. The van der Waals surface area contributed by atoms with Gasteiger partial charge in [0.2, 0.25) is 5.91 Å². The van der Waals surface area contributed by atoms with E-state index in [4.69, 9.17) is 0 Å². The second-order valence-electron chi connectivity index (χ2n) is 4.53. The molecule has 3 N–H and O–H groups in total. The van der Waals surface area contributed by atoms with Gasteiger partial charge in [0.05, 0.1) is 6.10 Å². The van der Waals surface area contributed by atoms with Gasteiger partial charge in [-0.2, -0.15) is 0 Å². The zero-order chi connectivity index (χ0) is 10.1. The molecule has 1 heterocycles. The van der Waals surface area contributed by atoms with E-state index in [9.17, 15) is 9.90 Å². The molecule has 1 amide bonds. The summed E-state index contributed by atoms with van der Waals surface area (Å²) in [4.78, 5) is 11.5. The maximum atomic E-state index is 11.5. The Kier molecular flexibility index (Phi) is 2.93. The van der Waals surface area contributed by atoms with E-state index in [-0.39, 0.29) is 11.4 Å². The predicted octanol–water partition coefficient (Wildman–Crippen LogP) is -0.376. The Labute approximate surface area is 78.7 Å². The molecule has 1 unspecified atom stereocenters. The van der Waals surface area contributed by atoms with Gasteiger partial charge < -0.3 is 15.7 Å². The summed E-state index contributed by atoms with van der Waals surface area (Å²) in [5, 5.41) is 15.2. The van der Waals surface area contributed by atoms with E-state index in [1.165, 1.54) is 0 Å². The van der Waals surface area contributed by atoms with Crippen LogP contribution in [0.4, 0.5) is 0 Å². The number of hydrogen-bond donors (Lipinski definition) is 3. The summed E-state index contributed by atoms with van der Waals surface area (Å²) in [5.41, 5.74) is -0.235. The molecule has 0 aromatic carbocycles. The quantitative estimate of drug-likeness (QED) is 0.523. The molecule has 0 saturated carbocycles. The van der Waals surface area contributed by atoms with Crippen LogP contribution >= 0.6 is 0 Å². The van der Waals surface area contributed by atoms with Crippen molar-refractivity contribution in [1.29, 1.82) is 0 Å². The molecule has 4 heteroatoms. The summed E-state index contributed by atoms with van der Waals surface area (Å²) in [6, 6.07) is -0.431. The third kappa shape index (κ3) is 2.97. The highest BCUT2D eigenvalue weighted by Crippen LogP contribution is 2.08. The van der Waals surface area contributed by atoms with Crippen LogP contribution in [0, 0.1) is 0 Å². The lowest BCUT2D eigenvalue weighted by Gasteiger charge is -2.24. The van der Waals surface area contributed by atoms with Crippen LogP contribution in [0.2, 0.25) is 0 Å². The Balaban J connectivity index is 2.48. The third-order valence-corrected chi connectivity index (χ3v) is 1.97. The first-order chi connectivity index (χ1) is 5.90. The monoisotopic (exact) mass is 186 g/mol. The third-order valence-electron chi connectivity index (χ3n) is 1.97. The molecular weight excluding hydrogens is 168 g/mol. The summed E-state index contributed by atoms with van der Waals surface area (Å²) >= 11 is 0. The molecule has 1 fully saturated rings. The second-order valence-corrected chi connectivity index (χ2v) is 4.53. The Morgan fingerprint density at radius 2 is 2.15 bits per heavy atom. The Morgan fingerprint density at radius 1 is 1.54 bits per heavy atom. The molecule has 0 radical (unpaired) electrons. The van der Waals surface area contributed by atoms with Crippen LogP contribution in [0.25, 0.3) is 0 Å². The van der Waals surface area contributed by atoms with Crippen molar-refractivity contribution in [1.82, 2.24) is 10.6 Å². The molecule has 1 rings (SSSR count). The largest absolute Gasteiger partial charge is 0.391 e. The predicted molar refractivity (Wildman–Crippen MR) is 50.3 cm³/mol. The van der Waals surface area contributed by atoms with Crippen LogP contribution in [0.15, 0.2) is 0 Å². The summed E-state index contributed by atoms with van der Waals surface area (Å²) in [6.45, 7) is 6.48. The average Bonchev–Trinajstić information content (AvgIpc) is 2.30. The molecule has 1 aliphatic heterocycles. The molecular formula is C9H18N2O2. The standard InChI is InChI=1S/C9H18N2O2/c1-9(2,3)11-8(13)7-6(12)4-5-10-7/h6-7,10,12H,4-5H2,1-3H3,(H,11,13)/t6?,7-/m0/s1. The van der Waals surface area contributed by atoms with Crippen molar-refractivity contribution >= 4 is 5.91 Å². The van der Waals surface area contributed by atoms with Crippen LogP contribution in [0.1, 0.15) is 27.2 Å². The molecule has 0 aliphatic carbocycles. The first-order valence-electron chi connectivity index (χ1n) is 4.63. The Morgan fingerprint density at radius 3 is 2.54 bits per heavy atom. The zero-order valence-corrected chi connectivity index (χ0v) is 8.42. The highest BCUT2D eigenvalue weighted by Gasteiger charge is 2.32. The van der Waals surface area contributed by atoms with E-state index in [1.807, 2.05) is 20.8 Å². The van der Waals surface area contributed by atoms with Crippen molar-refractivity contribution in [3.63, 3.8) is 0 Å². The van der Waals surface area contributed by atoms with Gasteiger partial charge in [-0.1, -0.05) is 0 Å². The lowest BCUT2D eigenvalue weighted by Crippen LogP contribution is -2.51. The van der Waals surface area contributed by atoms with Crippen molar-refractivity contribution in [2.45, 2.75) is 44.9 Å². The van der Waals surface area contributed by atoms with Crippen molar-refractivity contribution in [3.05, 3.63) is 0 Å². The zero-order valence-electron chi connectivity index (χ0n) is 8.42. The van der Waals surface area contributed by atoms with E-state index in [1.54, 1.807) is 0 Å². The summed E-state index contributed by atoms with van der Waals surface area (Å²) in [7, 11) is 0. The fourth-order valence-corrected chi connectivity index (χ4v) is 1.40. The lowest BCUT2D eigenvalue weighted by molar-refractivity contribution is -0.126. The highest BCUT2D eigenvalue weighted by molar-refractivity contribution is 5.83. The minimum Gasteiger partial charge on any atom is -0.391 e. The molecule has 0 aromatic rings. The number of hydrogen-bond acceptors (Lipinski definition) is 3. The summed E-state index contributed by atoms with van der Waals surface area (Å²) < 4.78 is 0. The first-order valence-corrected chi connectivity index (χ1v) is 4.63. The minimum atomic E-state index is -0.539. The number of aliphatic hydroxyl groups excluding tert-OH is 1. The first kappa shape index (κ1) is 10.5. The van der Waals surface area contributed by atoms with E-state index < -0.39 is 12.1 Å². The molecule has 0 spiro atoms. The summed E-state index contributed by atoms with van der Waals surface area (Å²) in [5.74, 6) is -0.113. The molecule has 4 nitrogen and oxygen atoms in total. The fourth-order valence-electron chi connectivity index (χ4n) is 1.40. The highest BCUT2D eigenvalue weighted by atomic mass is 16.3. The van der Waals surface area contributed by atoms with Crippen molar-refractivity contribution in [3.8, 4) is 0 Å². The number of carbonyl (C=O) groups is 1. The van der Waals surface area contributed by atoms with E-state index in [0.717, 1.165) is 0 Å². The van der Waals surface area contributed by atoms with E-state index in [2.05, 4.69) is 10.6 Å². The van der Waals surface area contributed by atoms with Gasteiger partial charge in [-0.15, -0.1) is 0 Å². The normalized spacial score (nSPS) is 28.9. The van der Waals surface area contributed by atoms with Crippen molar-refractivity contribution < 1.29 is 9.90 Å². The van der Waals surface area contributed by atoms with Gasteiger partial charge in [-0.25, -0.2) is 0 Å². The topological polar surface area (TPSA) is 61.4 Å². The van der Waals surface area contributed by atoms with Crippen LogP contribution in [-0.4, -0.2) is 35.2 Å². The van der Waals surface area contributed by atoms with E-state index in [0.29, 0.717) is 13.0 Å². The Bertz CT molecular complexity index is 198. The number of nitrogens with one attached hydrogen (secondary N) is 2. The van der Waals surface area contributed by atoms with Gasteiger partial charge in [0.1, 0.15) is 6.04 Å². The van der Waals surface area contributed by atoms with Gasteiger partial charge in [0.15, 0.2) is 0 Å². The molecule has 0 aromatic heterocycles. The van der Waals surface area contributed by atoms with E-state index >= 15 is 0 Å².